The van der Waals surface area contributed by atoms with Gasteiger partial charge in [0, 0.05) is 5.92 Å². The van der Waals surface area contributed by atoms with Gasteiger partial charge in [-0.25, -0.2) is 0 Å². The van der Waals surface area contributed by atoms with Crippen LogP contribution in [-0.2, 0) is 4.79 Å². The molecule has 0 N–H and O–H groups in total. The summed E-state index contributed by atoms with van der Waals surface area (Å²) < 4.78 is 5.26. The third-order valence-electron chi connectivity index (χ3n) is 3.81. The van der Waals surface area contributed by atoms with Gasteiger partial charge in [-0.2, -0.15) is 0 Å². The lowest BCUT2D eigenvalue weighted by Gasteiger charge is -2.30. The average Bonchev–Trinajstić information content (AvgIpc) is 2.39. The SMILES string of the molecule is COc1cccc(C2CCCCC2C(C)=O)c1. The van der Waals surface area contributed by atoms with E-state index in [1.807, 2.05) is 12.1 Å². The highest BCUT2D eigenvalue weighted by Gasteiger charge is 2.29. The van der Waals surface area contributed by atoms with Crippen LogP contribution in [-0.4, -0.2) is 12.9 Å². The molecule has 1 aromatic carbocycles. The van der Waals surface area contributed by atoms with Crippen LogP contribution in [0.25, 0.3) is 0 Å². The van der Waals surface area contributed by atoms with Gasteiger partial charge in [0.25, 0.3) is 0 Å². The van der Waals surface area contributed by atoms with E-state index in [2.05, 4.69) is 12.1 Å². The number of ether oxygens (including phenoxy) is 1. The largest absolute Gasteiger partial charge is 0.497 e. The summed E-state index contributed by atoms with van der Waals surface area (Å²) in [5, 5.41) is 0. The van der Waals surface area contributed by atoms with Crippen LogP contribution in [0.5, 0.6) is 5.75 Å². The van der Waals surface area contributed by atoms with E-state index in [0.29, 0.717) is 11.7 Å². The van der Waals surface area contributed by atoms with Crippen LogP contribution in [0.3, 0.4) is 0 Å². The Morgan fingerprint density at radius 2 is 2.06 bits per heavy atom. The highest BCUT2D eigenvalue weighted by atomic mass is 16.5. The molecule has 0 spiro atoms. The molecule has 0 radical (unpaired) electrons. The predicted octanol–water partition coefficient (Wildman–Crippen LogP) is 3.56. The third kappa shape index (κ3) is 2.68. The summed E-state index contributed by atoms with van der Waals surface area (Å²) in [7, 11) is 1.68. The fourth-order valence-corrected chi connectivity index (χ4v) is 2.89. The first-order chi connectivity index (χ1) is 8.22. The molecule has 17 heavy (non-hydrogen) atoms. The third-order valence-corrected chi connectivity index (χ3v) is 3.81. The molecule has 0 aliphatic heterocycles. The summed E-state index contributed by atoms with van der Waals surface area (Å²) >= 11 is 0. The second-order valence-electron chi connectivity index (χ2n) is 4.88. The van der Waals surface area contributed by atoms with Gasteiger partial charge in [0.05, 0.1) is 7.11 Å². The Kier molecular flexibility index (Phi) is 3.82. The van der Waals surface area contributed by atoms with Gasteiger partial charge in [-0.3, -0.25) is 4.79 Å². The van der Waals surface area contributed by atoms with E-state index in [9.17, 15) is 4.79 Å². The summed E-state index contributed by atoms with van der Waals surface area (Å²) in [6.07, 6.45) is 4.57. The lowest BCUT2D eigenvalue weighted by molar-refractivity contribution is -0.122. The van der Waals surface area contributed by atoms with Crippen molar-refractivity contribution in [3.05, 3.63) is 29.8 Å². The highest BCUT2D eigenvalue weighted by Crippen LogP contribution is 2.39. The Balaban J connectivity index is 2.26. The van der Waals surface area contributed by atoms with Gasteiger partial charge in [0.1, 0.15) is 11.5 Å². The number of carbonyl (C=O) groups is 1. The zero-order valence-electron chi connectivity index (χ0n) is 10.6. The zero-order valence-corrected chi connectivity index (χ0v) is 10.6. The number of rotatable bonds is 3. The maximum atomic E-state index is 11.7. The first-order valence-corrected chi connectivity index (χ1v) is 6.37. The van der Waals surface area contributed by atoms with Crippen molar-refractivity contribution in [2.75, 3.05) is 7.11 Å². The fourth-order valence-electron chi connectivity index (χ4n) is 2.89. The van der Waals surface area contributed by atoms with Crippen molar-refractivity contribution in [2.24, 2.45) is 5.92 Å². The molecule has 2 heteroatoms. The van der Waals surface area contributed by atoms with Crippen LogP contribution in [0.15, 0.2) is 24.3 Å². The van der Waals surface area contributed by atoms with E-state index >= 15 is 0 Å². The number of carbonyl (C=O) groups excluding carboxylic acids is 1. The van der Waals surface area contributed by atoms with Gasteiger partial charge >= 0.3 is 0 Å². The van der Waals surface area contributed by atoms with E-state index in [0.717, 1.165) is 18.6 Å². The second kappa shape index (κ2) is 5.35. The molecule has 2 rings (SSSR count). The molecule has 1 aromatic rings. The Labute approximate surface area is 103 Å². The lowest BCUT2D eigenvalue weighted by atomic mass is 9.74. The molecule has 2 atom stereocenters. The fraction of sp³-hybridized carbons (Fsp3) is 0.533. The highest BCUT2D eigenvalue weighted by molar-refractivity contribution is 5.79. The van der Waals surface area contributed by atoms with E-state index in [-0.39, 0.29) is 5.92 Å². The molecule has 92 valence electrons. The molecule has 0 heterocycles. The van der Waals surface area contributed by atoms with Crippen molar-refractivity contribution in [1.29, 1.82) is 0 Å². The Bertz CT molecular complexity index is 398. The molecular weight excluding hydrogens is 212 g/mol. The number of benzene rings is 1. The summed E-state index contributed by atoms with van der Waals surface area (Å²) in [6, 6.07) is 8.16. The van der Waals surface area contributed by atoms with E-state index in [4.69, 9.17) is 4.74 Å². The van der Waals surface area contributed by atoms with Crippen molar-refractivity contribution >= 4 is 5.78 Å². The Morgan fingerprint density at radius 1 is 1.29 bits per heavy atom. The van der Waals surface area contributed by atoms with Crippen LogP contribution >= 0.6 is 0 Å². The summed E-state index contributed by atoms with van der Waals surface area (Å²) in [5.74, 6) is 1.81. The van der Waals surface area contributed by atoms with Gasteiger partial charge in [-0.1, -0.05) is 25.0 Å². The summed E-state index contributed by atoms with van der Waals surface area (Å²) in [4.78, 5) is 11.7. The lowest BCUT2D eigenvalue weighted by Crippen LogP contribution is -2.23. The number of Topliss-reactive ketones (excluding diaryl/α,β-unsaturated/α-hetero) is 1. The normalized spacial score (nSPS) is 24.4. The molecule has 1 aliphatic rings. The Hall–Kier alpha value is -1.31. The van der Waals surface area contributed by atoms with Crippen molar-refractivity contribution in [2.45, 2.75) is 38.5 Å². The van der Waals surface area contributed by atoms with Crippen LogP contribution in [0.4, 0.5) is 0 Å². The van der Waals surface area contributed by atoms with Crippen LogP contribution in [0, 0.1) is 5.92 Å². The quantitative estimate of drug-likeness (QED) is 0.796. The van der Waals surface area contributed by atoms with Crippen molar-refractivity contribution in [3.63, 3.8) is 0 Å². The molecular formula is C15H20O2. The first kappa shape index (κ1) is 12.2. The first-order valence-electron chi connectivity index (χ1n) is 6.37. The zero-order chi connectivity index (χ0) is 12.3. The van der Waals surface area contributed by atoms with Gasteiger partial charge in [-0.15, -0.1) is 0 Å². The number of hydrogen-bond donors (Lipinski definition) is 0. The van der Waals surface area contributed by atoms with Gasteiger partial charge in [0.2, 0.25) is 0 Å². The van der Waals surface area contributed by atoms with Crippen LogP contribution in [0.2, 0.25) is 0 Å². The predicted molar refractivity (Wildman–Crippen MR) is 68.4 cm³/mol. The minimum Gasteiger partial charge on any atom is -0.497 e. The van der Waals surface area contributed by atoms with E-state index < -0.39 is 0 Å². The minimum absolute atomic E-state index is 0.204. The second-order valence-corrected chi connectivity index (χ2v) is 4.88. The number of methoxy groups -OCH3 is 1. The topological polar surface area (TPSA) is 26.3 Å². The molecule has 0 aromatic heterocycles. The van der Waals surface area contributed by atoms with Crippen LogP contribution < -0.4 is 4.74 Å². The molecule has 1 aliphatic carbocycles. The monoisotopic (exact) mass is 232 g/mol. The van der Waals surface area contributed by atoms with Gasteiger partial charge < -0.3 is 4.74 Å². The maximum absolute atomic E-state index is 11.7. The molecule has 0 saturated heterocycles. The van der Waals surface area contributed by atoms with Crippen molar-refractivity contribution < 1.29 is 9.53 Å². The summed E-state index contributed by atoms with van der Waals surface area (Å²) in [6.45, 7) is 1.73. The molecule has 2 unspecified atom stereocenters. The number of ketones is 1. The van der Waals surface area contributed by atoms with Gasteiger partial charge in [-0.05, 0) is 43.4 Å². The summed E-state index contributed by atoms with van der Waals surface area (Å²) in [5.41, 5.74) is 1.25. The molecule has 0 bridgehead atoms. The number of hydrogen-bond acceptors (Lipinski definition) is 2. The Morgan fingerprint density at radius 3 is 2.76 bits per heavy atom. The molecule has 1 saturated carbocycles. The molecule has 2 nitrogen and oxygen atoms in total. The smallest absolute Gasteiger partial charge is 0.133 e. The minimum atomic E-state index is 0.204. The van der Waals surface area contributed by atoms with Crippen LogP contribution in [0.1, 0.15) is 44.1 Å². The van der Waals surface area contributed by atoms with E-state index in [1.54, 1.807) is 14.0 Å². The average molecular weight is 232 g/mol. The molecule has 0 amide bonds. The molecule has 1 fully saturated rings. The maximum Gasteiger partial charge on any atom is 0.133 e. The van der Waals surface area contributed by atoms with Crippen molar-refractivity contribution in [1.82, 2.24) is 0 Å². The van der Waals surface area contributed by atoms with E-state index in [1.165, 1.54) is 18.4 Å². The van der Waals surface area contributed by atoms with Crippen molar-refractivity contribution in [3.8, 4) is 5.75 Å². The standard InChI is InChI=1S/C15H20O2/c1-11(16)14-8-3-4-9-15(14)12-6-5-7-13(10-12)17-2/h5-7,10,14-15H,3-4,8-9H2,1-2H3. The van der Waals surface area contributed by atoms with Gasteiger partial charge in [0.15, 0.2) is 0 Å².